The summed E-state index contributed by atoms with van der Waals surface area (Å²) in [5.41, 5.74) is 5.04. The first-order valence-corrected chi connectivity index (χ1v) is 9.23. The maximum Gasteiger partial charge on any atom is 0.253 e. The molecule has 0 fully saturated rings. The molecule has 26 heavy (non-hydrogen) atoms. The molecule has 6 nitrogen and oxygen atoms in total. The molecule has 3 aromatic rings. The number of hydrogen-bond donors (Lipinski definition) is 0. The number of benzene rings is 2. The van der Waals surface area contributed by atoms with Crippen LogP contribution in [-0.4, -0.2) is 45.1 Å². The normalized spacial score (nSPS) is 10.8. The number of tetrazole rings is 1. The smallest absolute Gasteiger partial charge is 0.253 e. The van der Waals surface area contributed by atoms with E-state index in [0.717, 1.165) is 22.0 Å². The molecule has 134 valence electrons. The van der Waals surface area contributed by atoms with Crippen LogP contribution >= 0.6 is 11.8 Å². The number of aryl methyl sites for hydroxylation is 2. The van der Waals surface area contributed by atoms with E-state index in [2.05, 4.69) is 41.5 Å². The van der Waals surface area contributed by atoms with Crippen LogP contribution in [0.2, 0.25) is 0 Å². The molecule has 0 aliphatic rings. The van der Waals surface area contributed by atoms with Gasteiger partial charge in [0.05, 0.1) is 5.69 Å². The third-order valence-corrected chi connectivity index (χ3v) is 4.96. The molecule has 0 radical (unpaired) electrons. The van der Waals surface area contributed by atoms with Gasteiger partial charge in [0, 0.05) is 25.4 Å². The van der Waals surface area contributed by atoms with Gasteiger partial charge in [-0.1, -0.05) is 41.6 Å². The van der Waals surface area contributed by atoms with Crippen LogP contribution in [0.3, 0.4) is 0 Å². The monoisotopic (exact) mass is 367 g/mol. The van der Waals surface area contributed by atoms with Crippen LogP contribution in [0, 0.1) is 13.8 Å². The van der Waals surface area contributed by atoms with E-state index in [0.29, 0.717) is 11.3 Å². The van der Waals surface area contributed by atoms with Gasteiger partial charge in [0.15, 0.2) is 0 Å². The van der Waals surface area contributed by atoms with Crippen LogP contribution in [0.25, 0.3) is 5.69 Å². The fraction of sp³-hybridized carbons (Fsp3) is 0.263. The lowest BCUT2D eigenvalue weighted by Crippen LogP contribution is -2.21. The van der Waals surface area contributed by atoms with E-state index in [9.17, 15) is 4.79 Å². The number of amides is 1. The molecule has 1 aromatic heterocycles. The summed E-state index contributed by atoms with van der Waals surface area (Å²) in [5.74, 6) is 0.678. The molecule has 0 spiro atoms. The average molecular weight is 367 g/mol. The molecule has 0 saturated heterocycles. The van der Waals surface area contributed by atoms with Crippen molar-refractivity contribution < 1.29 is 4.79 Å². The van der Waals surface area contributed by atoms with Crippen molar-refractivity contribution in [1.29, 1.82) is 0 Å². The molecule has 0 aliphatic heterocycles. The van der Waals surface area contributed by atoms with Gasteiger partial charge in [-0.3, -0.25) is 4.79 Å². The molecule has 1 amide bonds. The van der Waals surface area contributed by atoms with Crippen molar-refractivity contribution in [2.24, 2.45) is 0 Å². The van der Waals surface area contributed by atoms with Gasteiger partial charge in [-0.15, -0.1) is 5.10 Å². The Balaban J connectivity index is 1.79. The number of nitrogens with zero attached hydrogens (tertiary/aromatic N) is 5. The van der Waals surface area contributed by atoms with Crippen molar-refractivity contribution in [1.82, 2.24) is 25.1 Å². The highest BCUT2D eigenvalue weighted by molar-refractivity contribution is 7.98. The van der Waals surface area contributed by atoms with Crippen LogP contribution in [0.5, 0.6) is 0 Å². The van der Waals surface area contributed by atoms with Gasteiger partial charge in [-0.2, -0.15) is 4.68 Å². The molecular formula is C19H21N5OS. The maximum absolute atomic E-state index is 12.1. The summed E-state index contributed by atoms with van der Waals surface area (Å²) < 4.78 is 1.76. The Morgan fingerprint density at radius 1 is 1.15 bits per heavy atom. The number of hydrogen-bond acceptors (Lipinski definition) is 5. The van der Waals surface area contributed by atoms with Gasteiger partial charge in [0.2, 0.25) is 5.16 Å². The molecule has 0 aliphatic carbocycles. The first-order chi connectivity index (χ1) is 12.5. The molecule has 0 bridgehead atoms. The molecule has 0 saturated carbocycles. The second-order valence-electron chi connectivity index (χ2n) is 6.35. The van der Waals surface area contributed by atoms with Gasteiger partial charge in [-0.05, 0) is 53.6 Å². The van der Waals surface area contributed by atoms with Crippen molar-refractivity contribution in [3.8, 4) is 5.69 Å². The van der Waals surface area contributed by atoms with Gasteiger partial charge < -0.3 is 4.90 Å². The van der Waals surface area contributed by atoms with E-state index in [4.69, 9.17) is 0 Å². The SMILES string of the molecule is Cc1ccc(-n2nnnc2SCc2cccc(C(=O)N(C)C)c2)c(C)c1. The molecule has 2 aromatic carbocycles. The van der Waals surface area contributed by atoms with Crippen LogP contribution in [0.4, 0.5) is 0 Å². The average Bonchev–Trinajstić information content (AvgIpc) is 3.07. The molecule has 7 heteroatoms. The van der Waals surface area contributed by atoms with Gasteiger partial charge in [0.1, 0.15) is 0 Å². The summed E-state index contributed by atoms with van der Waals surface area (Å²) in [5, 5.41) is 12.8. The van der Waals surface area contributed by atoms with Crippen molar-refractivity contribution in [2.45, 2.75) is 24.8 Å². The predicted octanol–water partition coefficient (Wildman–Crippen LogP) is 3.27. The van der Waals surface area contributed by atoms with Gasteiger partial charge in [-0.25, -0.2) is 0 Å². The van der Waals surface area contributed by atoms with E-state index in [1.807, 2.05) is 30.3 Å². The minimum Gasteiger partial charge on any atom is -0.345 e. The number of rotatable bonds is 5. The minimum absolute atomic E-state index is 0.00281. The second-order valence-corrected chi connectivity index (χ2v) is 7.29. The zero-order valence-electron chi connectivity index (χ0n) is 15.3. The first-order valence-electron chi connectivity index (χ1n) is 8.25. The molecule has 1 heterocycles. The second kappa shape index (κ2) is 7.70. The minimum atomic E-state index is -0.00281. The zero-order valence-corrected chi connectivity index (χ0v) is 16.1. The van der Waals surface area contributed by atoms with E-state index in [-0.39, 0.29) is 5.91 Å². The summed E-state index contributed by atoms with van der Waals surface area (Å²) in [7, 11) is 3.50. The summed E-state index contributed by atoms with van der Waals surface area (Å²) in [4.78, 5) is 13.7. The van der Waals surface area contributed by atoms with E-state index >= 15 is 0 Å². The molecule has 0 N–H and O–H groups in total. The largest absolute Gasteiger partial charge is 0.345 e. The Hall–Kier alpha value is -2.67. The third kappa shape index (κ3) is 3.94. The Morgan fingerprint density at radius 3 is 2.69 bits per heavy atom. The highest BCUT2D eigenvalue weighted by Gasteiger charge is 2.13. The lowest BCUT2D eigenvalue weighted by Gasteiger charge is -2.11. The molecule has 0 unspecified atom stereocenters. The Bertz CT molecular complexity index is 935. The summed E-state index contributed by atoms with van der Waals surface area (Å²) in [6.45, 7) is 4.11. The Labute approximate surface area is 157 Å². The van der Waals surface area contributed by atoms with Gasteiger partial charge >= 0.3 is 0 Å². The summed E-state index contributed by atoms with van der Waals surface area (Å²) in [6, 6.07) is 13.8. The van der Waals surface area contributed by atoms with E-state index < -0.39 is 0 Å². The van der Waals surface area contributed by atoms with Crippen LogP contribution in [0.1, 0.15) is 27.0 Å². The van der Waals surface area contributed by atoms with Crippen LogP contribution in [0.15, 0.2) is 47.6 Å². The van der Waals surface area contributed by atoms with Crippen molar-refractivity contribution in [3.05, 3.63) is 64.7 Å². The number of carbonyl (C=O) groups is 1. The molecule has 3 rings (SSSR count). The summed E-state index contributed by atoms with van der Waals surface area (Å²) >= 11 is 1.55. The fourth-order valence-corrected chi connectivity index (χ4v) is 3.49. The highest BCUT2D eigenvalue weighted by Crippen LogP contribution is 2.24. The fourth-order valence-electron chi connectivity index (χ4n) is 2.66. The maximum atomic E-state index is 12.1. The van der Waals surface area contributed by atoms with E-state index in [1.54, 1.807) is 35.4 Å². The van der Waals surface area contributed by atoms with Crippen molar-refractivity contribution in [3.63, 3.8) is 0 Å². The van der Waals surface area contributed by atoms with Gasteiger partial charge in [0.25, 0.3) is 5.91 Å². The molecule has 0 atom stereocenters. The predicted molar refractivity (Wildman–Crippen MR) is 103 cm³/mol. The Morgan fingerprint density at radius 2 is 1.96 bits per heavy atom. The van der Waals surface area contributed by atoms with Crippen LogP contribution in [-0.2, 0) is 5.75 Å². The quantitative estimate of drug-likeness (QED) is 0.648. The zero-order chi connectivity index (χ0) is 18.7. The van der Waals surface area contributed by atoms with Crippen molar-refractivity contribution >= 4 is 17.7 Å². The standard InChI is InChI=1S/C19H21N5OS/c1-13-8-9-17(14(2)10-13)24-19(20-21-22-24)26-12-15-6-5-7-16(11-15)18(25)23(3)4/h5-11H,12H2,1-4H3. The summed E-state index contributed by atoms with van der Waals surface area (Å²) in [6.07, 6.45) is 0. The van der Waals surface area contributed by atoms with Crippen molar-refractivity contribution in [2.75, 3.05) is 14.1 Å². The first kappa shape index (κ1) is 18.1. The number of carbonyl (C=O) groups excluding carboxylic acids is 1. The van der Waals surface area contributed by atoms with Crippen LogP contribution < -0.4 is 0 Å². The lowest BCUT2D eigenvalue weighted by molar-refractivity contribution is 0.0827. The topological polar surface area (TPSA) is 63.9 Å². The lowest BCUT2D eigenvalue weighted by atomic mass is 10.1. The van der Waals surface area contributed by atoms with E-state index in [1.165, 1.54) is 5.56 Å². The number of aromatic nitrogens is 4. The Kier molecular flexibility index (Phi) is 5.37. The third-order valence-electron chi connectivity index (χ3n) is 3.97. The molecular weight excluding hydrogens is 346 g/mol. The highest BCUT2D eigenvalue weighted by atomic mass is 32.2. The number of thioether (sulfide) groups is 1.